The molecule has 0 bridgehead atoms. The van der Waals surface area contributed by atoms with Gasteiger partial charge >= 0.3 is 35.9 Å². The summed E-state index contributed by atoms with van der Waals surface area (Å²) in [7, 11) is 4.21. The highest BCUT2D eigenvalue weighted by Crippen LogP contribution is 2.28. The van der Waals surface area contributed by atoms with Gasteiger partial charge in [0.15, 0.2) is 0 Å². The lowest BCUT2D eigenvalue weighted by atomic mass is 10.2. The van der Waals surface area contributed by atoms with Gasteiger partial charge in [0.05, 0.1) is 40.5 Å². The molecule has 1 aliphatic heterocycles. The molecular formula is C20H34N8O4+2. The van der Waals surface area contributed by atoms with Crippen LogP contribution >= 0.6 is 0 Å². The van der Waals surface area contributed by atoms with Gasteiger partial charge in [-0.2, -0.15) is 0 Å². The lowest BCUT2D eigenvalue weighted by molar-refractivity contribution is 0.162. The van der Waals surface area contributed by atoms with Gasteiger partial charge in [-0.1, -0.05) is 0 Å². The highest BCUT2D eigenvalue weighted by molar-refractivity contribution is 5.33. The first kappa shape index (κ1) is 23.8. The van der Waals surface area contributed by atoms with Crippen molar-refractivity contribution in [3.8, 4) is 24.0 Å². The van der Waals surface area contributed by atoms with Gasteiger partial charge in [-0.3, -0.25) is 8.97 Å². The number of hydrogen-bond acceptors (Lipinski definition) is 10. The summed E-state index contributed by atoms with van der Waals surface area (Å²) in [5, 5.41) is 0. The second-order valence-corrected chi connectivity index (χ2v) is 7.82. The average molecular weight is 451 g/mol. The van der Waals surface area contributed by atoms with E-state index in [9.17, 15) is 0 Å². The van der Waals surface area contributed by atoms with E-state index >= 15 is 0 Å². The Morgan fingerprint density at radius 1 is 0.500 bits per heavy atom. The minimum atomic E-state index is 0.281. The van der Waals surface area contributed by atoms with Crippen molar-refractivity contribution in [2.24, 2.45) is 0 Å². The maximum Gasteiger partial charge on any atom is 0.338 e. The number of aromatic nitrogens is 6. The highest BCUT2D eigenvalue weighted by atomic mass is 16.5. The summed E-state index contributed by atoms with van der Waals surface area (Å²) >= 11 is 0. The SMILES string of the molecule is CCOc1nc(OCC)nc([N+]2(C)CC[N+](C)(c3nc(OCC)nc(OCC)n3)CC2)n1. The molecule has 0 amide bonds. The Morgan fingerprint density at radius 2 is 0.750 bits per heavy atom. The smallest absolute Gasteiger partial charge is 0.338 e. The van der Waals surface area contributed by atoms with E-state index in [0.717, 1.165) is 26.2 Å². The molecule has 0 aromatic carbocycles. The van der Waals surface area contributed by atoms with Crippen LogP contribution in [0, 0.1) is 0 Å². The lowest BCUT2D eigenvalue weighted by Gasteiger charge is -2.42. The number of likely N-dealkylation sites (N-methyl/N-ethyl adjacent to an activating group) is 2. The largest absolute Gasteiger partial charge is 0.463 e. The maximum atomic E-state index is 5.54. The van der Waals surface area contributed by atoms with Crippen molar-refractivity contribution < 1.29 is 18.9 Å². The van der Waals surface area contributed by atoms with E-state index < -0.39 is 0 Å². The molecule has 2 aromatic heterocycles. The quantitative estimate of drug-likeness (QED) is 0.490. The van der Waals surface area contributed by atoms with Gasteiger partial charge in [-0.25, -0.2) is 0 Å². The molecule has 0 spiro atoms. The minimum Gasteiger partial charge on any atom is -0.463 e. The van der Waals surface area contributed by atoms with E-state index in [0.29, 0.717) is 47.3 Å². The molecule has 0 saturated carbocycles. The van der Waals surface area contributed by atoms with Crippen LogP contribution in [0.15, 0.2) is 0 Å². The summed E-state index contributed by atoms with van der Waals surface area (Å²) in [4.78, 5) is 26.7. The standard InChI is InChI=1S/C20H34N8O4/c1-7-29-17-21-15(22-18(25-17)30-8-2)27(5)11-13-28(6,14-12-27)16-23-19(31-9-3)26-20(24-16)32-10-4/h7-14H2,1-6H3/q+2. The monoisotopic (exact) mass is 450 g/mol. The normalized spacial score (nSPS) is 22.9. The van der Waals surface area contributed by atoms with Crippen LogP contribution in [0.5, 0.6) is 24.0 Å². The van der Waals surface area contributed by atoms with E-state index in [1.54, 1.807) is 0 Å². The fourth-order valence-electron chi connectivity index (χ4n) is 3.42. The number of nitrogens with zero attached hydrogens (tertiary/aromatic N) is 8. The Morgan fingerprint density at radius 3 is 0.969 bits per heavy atom. The molecule has 3 heterocycles. The van der Waals surface area contributed by atoms with Crippen molar-refractivity contribution in [2.75, 3.05) is 66.7 Å². The molecule has 0 aliphatic carbocycles. The van der Waals surface area contributed by atoms with Crippen LogP contribution in [0.1, 0.15) is 27.7 Å². The number of piperazine rings is 1. The highest BCUT2D eigenvalue weighted by Gasteiger charge is 2.44. The van der Waals surface area contributed by atoms with Crippen LogP contribution < -0.4 is 27.9 Å². The van der Waals surface area contributed by atoms with Gasteiger partial charge in [0.25, 0.3) is 0 Å². The zero-order valence-corrected chi connectivity index (χ0v) is 19.9. The summed E-state index contributed by atoms with van der Waals surface area (Å²) in [6.45, 7) is 12.5. The Labute approximate surface area is 188 Å². The molecule has 176 valence electrons. The van der Waals surface area contributed by atoms with Gasteiger partial charge < -0.3 is 18.9 Å². The van der Waals surface area contributed by atoms with Crippen LogP contribution in [-0.4, -0.2) is 96.6 Å². The predicted octanol–water partition coefficient (Wildman–Crippen LogP) is 1.24. The molecule has 1 fully saturated rings. The van der Waals surface area contributed by atoms with E-state index in [2.05, 4.69) is 44.0 Å². The van der Waals surface area contributed by atoms with Crippen molar-refractivity contribution in [2.45, 2.75) is 27.7 Å². The van der Waals surface area contributed by atoms with Crippen LogP contribution in [0.3, 0.4) is 0 Å². The summed E-state index contributed by atoms with van der Waals surface area (Å²) in [5.41, 5.74) is 0. The van der Waals surface area contributed by atoms with Crippen LogP contribution in [0.4, 0.5) is 11.9 Å². The molecule has 0 atom stereocenters. The molecule has 0 radical (unpaired) electrons. The first-order chi connectivity index (χ1) is 15.4. The topological polar surface area (TPSA) is 114 Å². The molecule has 0 unspecified atom stereocenters. The van der Waals surface area contributed by atoms with Crippen molar-refractivity contribution in [1.82, 2.24) is 38.9 Å². The summed E-state index contributed by atoms with van der Waals surface area (Å²) in [6.07, 6.45) is 0. The Balaban J connectivity index is 1.86. The summed E-state index contributed by atoms with van der Waals surface area (Å²) in [5.74, 6) is 1.25. The van der Waals surface area contributed by atoms with E-state index in [-0.39, 0.29) is 24.0 Å². The van der Waals surface area contributed by atoms with Gasteiger partial charge in [-0.05, 0) is 27.7 Å². The van der Waals surface area contributed by atoms with Crippen LogP contribution in [0.25, 0.3) is 0 Å². The van der Waals surface area contributed by atoms with E-state index in [4.69, 9.17) is 18.9 Å². The number of quaternary nitrogens is 2. The zero-order valence-electron chi connectivity index (χ0n) is 19.9. The first-order valence-electron chi connectivity index (χ1n) is 11.1. The molecular weight excluding hydrogens is 416 g/mol. The Bertz CT molecular complexity index is 783. The fourth-order valence-corrected chi connectivity index (χ4v) is 3.42. The van der Waals surface area contributed by atoms with E-state index in [1.807, 2.05) is 27.7 Å². The van der Waals surface area contributed by atoms with Crippen molar-refractivity contribution in [1.29, 1.82) is 0 Å². The summed E-state index contributed by atoms with van der Waals surface area (Å²) < 4.78 is 23.2. The fraction of sp³-hybridized carbons (Fsp3) is 0.700. The number of rotatable bonds is 10. The third-order valence-corrected chi connectivity index (χ3v) is 5.40. The maximum absolute atomic E-state index is 5.54. The molecule has 1 saturated heterocycles. The van der Waals surface area contributed by atoms with E-state index in [1.165, 1.54) is 0 Å². The molecule has 1 aliphatic rings. The average Bonchev–Trinajstić information content (AvgIpc) is 2.77. The molecule has 32 heavy (non-hydrogen) atoms. The van der Waals surface area contributed by atoms with Crippen LogP contribution in [0.2, 0.25) is 0 Å². The molecule has 12 heteroatoms. The van der Waals surface area contributed by atoms with Gasteiger partial charge in [0.1, 0.15) is 26.2 Å². The predicted molar refractivity (Wildman–Crippen MR) is 119 cm³/mol. The van der Waals surface area contributed by atoms with Gasteiger partial charge in [-0.15, -0.1) is 29.9 Å². The summed E-state index contributed by atoms with van der Waals surface area (Å²) in [6, 6.07) is 1.12. The molecule has 2 aromatic rings. The van der Waals surface area contributed by atoms with Gasteiger partial charge in [0, 0.05) is 0 Å². The third-order valence-electron chi connectivity index (χ3n) is 5.40. The first-order valence-corrected chi connectivity index (χ1v) is 11.1. The second kappa shape index (κ2) is 10.2. The lowest BCUT2D eigenvalue weighted by Crippen LogP contribution is -2.66. The zero-order chi connectivity index (χ0) is 23.2. The third kappa shape index (κ3) is 5.30. The Hall–Kier alpha value is -2.86. The van der Waals surface area contributed by atoms with Crippen molar-refractivity contribution in [3.63, 3.8) is 0 Å². The Kier molecular flexibility index (Phi) is 7.56. The number of hydrogen-bond donors (Lipinski definition) is 0. The number of ether oxygens (including phenoxy) is 4. The minimum absolute atomic E-state index is 0.281. The van der Waals surface area contributed by atoms with Gasteiger partial charge in [0.2, 0.25) is 0 Å². The molecule has 12 nitrogen and oxygen atoms in total. The van der Waals surface area contributed by atoms with Crippen LogP contribution in [-0.2, 0) is 0 Å². The second-order valence-electron chi connectivity index (χ2n) is 7.82. The molecule has 0 N–H and O–H groups in total. The van der Waals surface area contributed by atoms with Crippen molar-refractivity contribution in [3.05, 3.63) is 0 Å². The molecule has 3 rings (SSSR count). The van der Waals surface area contributed by atoms with Crippen molar-refractivity contribution >= 4 is 11.9 Å².